The van der Waals surface area contributed by atoms with Gasteiger partial charge in [0, 0.05) is 64.5 Å². The van der Waals surface area contributed by atoms with Crippen LogP contribution in [-0.4, -0.2) is 82.2 Å². The van der Waals surface area contributed by atoms with E-state index in [0.717, 1.165) is 52.0 Å². The Hall–Kier alpha value is -1.66. The standard InChI is InChI=1S/C19H31N5O/c1-4-9-24-11-8-19(7-5-18(24)25)16-23(13-12-21(19)2)10-6-17-14-20-22(3)15-17/h4,14-15H,1,5-13,16H2,2-3H3/t19-/m1/s1. The van der Waals surface area contributed by atoms with Crippen molar-refractivity contribution in [2.45, 2.75) is 31.2 Å². The molecule has 0 unspecified atom stereocenters. The number of nitrogens with zero attached hydrogens (tertiary/aromatic N) is 5. The second-order valence-electron chi connectivity index (χ2n) is 7.57. The molecule has 0 bridgehead atoms. The molecule has 0 aromatic carbocycles. The molecule has 2 aliphatic rings. The van der Waals surface area contributed by atoms with Crippen molar-refractivity contribution in [2.75, 3.05) is 46.3 Å². The summed E-state index contributed by atoms with van der Waals surface area (Å²) in [5, 5.41) is 4.26. The maximum absolute atomic E-state index is 12.4. The molecular formula is C19H31N5O. The van der Waals surface area contributed by atoms with Gasteiger partial charge in [0.25, 0.3) is 0 Å². The highest BCUT2D eigenvalue weighted by Gasteiger charge is 2.41. The van der Waals surface area contributed by atoms with Crippen molar-refractivity contribution in [1.82, 2.24) is 24.5 Å². The minimum absolute atomic E-state index is 0.124. The largest absolute Gasteiger partial charge is 0.339 e. The summed E-state index contributed by atoms with van der Waals surface area (Å²) in [6.45, 7) is 9.58. The van der Waals surface area contributed by atoms with Gasteiger partial charge in [0.15, 0.2) is 0 Å². The molecule has 2 fully saturated rings. The van der Waals surface area contributed by atoms with Crippen molar-refractivity contribution in [3.63, 3.8) is 0 Å². The van der Waals surface area contributed by atoms with Crippen LogP contribution in [0.2, 0.25) is 0 Å². The Kier molecular flexibility index (Phi) is 5.59. The highest BCUT2D eigenvalue weighted by Crippen LogP contribution is 2.32. The van der Waals surface area contributed by atoms with Gasteiger partial charge in [-0.05, 0) is 31.9 Å². The van der Waals surface area contributed by atoms with Crippen molar-refractivity contribution < 1.29 is 4.79 Å². The molecule has 0 aliphatic carbocycles. The molecule has 6 nitrogen and oxygen atoms in total. The van der Waals surface area contributed by atoms with Crippen molar-refractivity contribution in [1.29, 1.82) is 0 Å². The molecule has 0 saturated carbocycles. The molecule has 0 N–H and O–H groups in total. The Morgan fingerprint density at radius 3 is 2.84 bits per heavy atom. The molecule has 25 heavy (non-hydrogen) atoms. The summed E-state index contributed by atoms with van der Waals surface area (Å²) < 4.78 is 1.87. The minimum atomic E-state index is 0.124. The molecule has 1 amide bonds. The molecule has 2 aliphatic heterocycles. The Labute approximate surface area is 151 Å². The fourth-order valence-electron chi connectivity index (χ4n) is 4.20. The van der Waals surface area contributed by atoms with E-state index in [-0.39, 0.29) is 11.4 Å². The van der Waals surface area contributed by atoms with Crippen LogP contribution in [-0.2, 0) is 18.3 Å². The summed E-state index contributed by atoms with van der Waals surface area (Å²) in [5.74, 6) is 0.276. The fourth-order valence-corrected chi connectivity index (χ4v) is 4.20. The number of rotatable bonds is 5. The monoisotopic (exact) mass is 345 g/mol. The van der Waals surface area contributed by atoms with E-state index < -0.39 is 0 Å². The second kappa shape index (κ2) is 7.70. The van der Waals surface area contributed by atoms with Crippen molar-refractivity contribution in [3.05, 3.63) is 30.6 Å². The Bertz CT molecular complexity index is 613. The molecule has 6 heteroatoms. The molecule has 0 radical (unpaired) electrons. The highest BCUT2D eigenvalue weighted by atomic mass is 16.2. The van der Waals surface area contributed by atoms with Gasteiger partial charge in [0.1, 0.15) is 0 Å². The molecular weight excluding hydrogens is 314 g/mol. The molecule has 1 spiro atoms. The number of hydrogen-bond acceptors (Lipinski definition) is 4. The molecule has 138 valence electrons. The number of aryl methyl sites for hydroxylation is 1. The predicted octanol–water partition coefficient (Wildman–Crippen LogP) is 1.15. The lowest BCUT2D eigenvalue weighted by molar-refractivity contribution is -0.130. The first-order valence-corrected chi connectivity index (χ1v) is 9.32. The van der Waals surface area contributed by atoms with E-state index in [1.54, 1.807) is 0 Å². The molecule has 3 rings (SSSR count). The lowest BCUT2D eigenvalue weighted by Crippen LogP contribution is -2.61. The van der Waals surface area contributed by atoms with E-state index in [0.29, 0.717) is 13.0 Å². The van der Waals surface area contributed by atoms with E-state index in [9.17, 15) is 4.79 Å². The van der Waals surface area contributed by atoms with Crippen LogP contribution in [0.25, 0.3) is 0 Å². The Morgan fingerprint density at radius 2 is 2.12 bits per heavy atom. The van der Waals surface area contributed by atoms with Crippen molar-refractivity contribution in [2.24, 2.45) is 7.05 Å². The lowest BCUT2D eigenvalue weighted by Gasteiger charge is -2.49. The quantitative estimate of drug-likeness (QED) is 0.751. The summed E-state index contributed by atoms with van der Waals surface area (Å²) in [5.41, 5.74) is 1.42. The first-order chi connectivity index (χ1) is 12.0. The first-order valence-electron chi connectivity index (χ1n) is 9.32. The molecule has 1 aromatic heterocycles. The van der Waals surface area contributed by atoms with Gasteiger partial charge in [0.05, 0.1) is 6.20 Å². The van der Waals surface area contributed by atoms with Crippen LogP contribution >= 0.6 is 0 Å². The normalized spacial score (nSPS) is 26.2. The summed E-state index contributed by atoms with van der Waals surface area (Å²) in [6.07, 6.45) is 9.59. The minimum Gasteiger partial charge on any atom is -0.339 e. The third kappa shape index (κ3) is 4.12. The number of amides is 1. The molecule has 3 heterocycles. The van der Waals surface area contributed by atoms with E-state index >= 15 is 0 Å². The van der Waals surface area contributed by atoms with E-state index in [1.807, 2.05) is 28.9 Å². The van der Waals surface area contributed by atoms with Gasteiger partial charge in [-0.1, -0.05) is 6.08 Å². The van der Waals surface area contributed by atoms with Crippen LogP contribution in [0.5, 0.6) is 0 Å². The molecule has 1 aromatic rings. The van der Waals surface area contributed by atoms with Crippen LogP contribution in [0, 0.1) is 0 Å². The zero-order chi connectivity index (χ0) is 17.9. The number of carbonyl (C=O) groups is 1. The van der Waals surface area contributed by atoms with Crippen molar-refractivity contribution in [3.8, 4) is 0 Å². The third-order valence-electron chi connectivity index (χ3n) is 5.91. The average Bonchev–Trinajstić information content (AvgIpc) is 2.95. The van der Waals surface area contributed by atoms with Gasteiger partial charge in [-0.15, -0.1) is 6.58 Å². The maximum atomic E-state index is 12.4. The van der Waals surface area contributed by atoms with Gasteiger partial charge >= 0.3 is 0 Å². The average molecular weight is 345 g/mol. The number of piperazine rings is 1. The van der Waals surface area contributed by atoms with Gasteiger partial charge in [-0.3, -0.25) is 19.3 Å². The first kappa shape index (κ1) is 18.1. The van der Waals surface area contributed by atoms with Crippen LogP contribution in [0.3, 0.4) is 0 Å². The highest BCUT2D eigenvalue weighted by molar-refractivity contribution is 5.76. The Balaban J connectivity index is 1.63. The summed E-state index contributed by atoms with van der Waals surface area (Å²) in [7, 11) is 4.19. The number of aromatic nitrogens is 2. The fraction of sp³-hybridized carbons (Fsp3) is 0.684. The summed E-state index contributed by atoms with van der Waals surface area (Å²) in [6, 6.07) is 0. The third-order valence-corrected chi connectivity index (χ3v) is 5.91. The molecule has 1 atom stereocenters. The number of hydrogen-bond donors (Lipinski definition) is 0. The van der Waals surface area contributed by atoms with Crippen LogP contribution in [0.15, 0.2) is 25.0 Å². The summed E-state index contributed by atoms with van der Waals surface area (Å²) in [4.78, 5) is 19.4. The van der Waals surface area contributed by atoms with Crippen LogP contribution in [0.1, 0.15) is 24.8 Å². The van der Waals surface area contributed by atoms with Gasteiger partial charge < -0.3 is 4.90 Å². The van der Waals surface area contributed by atoms with E-state index in [4.69, 9.17) is 0 Å². The van der Waals surface area contributed by atoms with Gasteiger partial charge in [0.2, 0.25) is 5.91 Å². The summed E-state index contributed by atoms with van der Waals surface area (Å²) >= 11 is 0. The van der Waals surface area contributed by atoms with Gasteiger partial charge in [-0.2, -0.15) is 5.10 Å². The molecule has 2 saturated heterocycles. The topological polar surface area (TPSA) is 44.6 Å². The zero-order valence-corrected chi connectivity index (χ0v) is 15.7. The zero-order valence-electron chi connectivity index (χ0n) is 15.7. The lowest BCUT2D eigenvalue weighted by atomic mass is 9.86. The van der Waals surface area contributed by atoms with Crippen LogP contribution in [0.4, 0.5) is 0 Å². The number of likely N-dealkylation sites (N-methyl/N-ethyl adjacent to an activating group) is 1. The maximum Gasteiger partial charge on any atom is 0.222 e. The SMILES string of the molecule is C=CCN1CC[C@]2(CCC1=O)CN(CCc1cnn(C)c1)CCN2C. The Morgan fingerprint density at radius 1 is 1.28 bits per heavy atom. The predicted molar refractivity (Wildman–Crippen MR) is 99.3 cm³/mol. The number of likely N-dealkylation sites (tertiary alicyclic amines) is 1. The van der Waals surface area contributed by atoms with E-state index in [1.165, 1.54) is 5.56 Å². The van der Waals surface area contributed by atoms with Crippen LogP contribution < -0.4 is 0 Å². The van der Waals surface area contributed by atoms with E-state index in [2.05, 4.69) is 34.7 Å². The number of carbonyl (C=O) groups excluding carboxylic acids is 1. The second-order valence-corrected chi connectivity index (χ2v) is 7.57. The van der Waals surface area contributed by atoms with Crippen molar-refractivity contribution >= 4 is 5.91 Å². The smallest absolute Gasteiger partial charge is 0.222 e. The van der Waals surface area contributed by atoms with Gasteiger partial charge in [-0.25, -0.2) is 0 Å².